The van der Waals surface area contributed by atoms with Gasteiger partial charge in [-0.05, 0) is 43.9 Å². The SMILES string of the molecule is CCCc1cc(OCCCCCNCCS)nc2ccccc12. The fraction of sp³-hybridized carbons (Fsp3) is 0.526. The highest BCUT2D eigenvalue weighted by atomic mass is 32.1. The summed E-state index contributed by atoms with van der Waals surface area (Å²) in [5.41, 5.74) is 2.37. The van der Waals surface area contributed by atoms with Crippen molar-refractivity contribution < 1.29 is 4.74 Å². The van der Waals surface area contributed by atoms with Gasteiger partial charge < -0.3 is 10.1 Å². The number of hydrogen-bond donors (Lipinski definition) is 2. The quantitative estimate of drug-likeness (QED) is 0.477. The predicted octanol–water partition coefficient (Wildman–Crippen LogP) is 4.26. The van der Waals surface area contributed by atoms with Gasteiger partial charge in [0.25, 0.3) is 0 Å². The van der Waals surface area contributed by atoms with E-state index in [0.717, 1.165) is 56.1 Å². The van der Waals surface area contributed by atoms with Crippen LogP contribution < -0.4 is 10.1 Å². The largest absolute Gasteiger partial charge is 0.478 e. The van der Waals surface area contributed by atoms with E-state index in [-0.39, 0.29) is 0 Å². The average molecular weight is 333 g/mol. The predicted molar refractivity (Wildman–Crippen MR) is 102 cm³/mol. The van der Waals surface area contributed by atoms with Crippen LogP contribution in [0.1, 0.15) is 38.2 Å². The fourth-order valence-electron chi connectivity index (χ4n) is 2.68. The number of rotatable bonds is 11. The van der Waals surface area contributed by atoms with Crippen LogP contribution in [0.5, 0.6) is 5.88 Å². The lowest BCUT2D eigenvalue weighted by atomic mass is 10.1. The van der Waals surface area contributed by atoms with Gasteiger partial charge in [0.15, 0.2) is 0 Å². The van der Waals surface area contributed by atoms with E-state index in [1.54, 1.807) is 0 Å². The number of hydrogen-bond acceptors (Lipinski definition) is 4. The van der Waals surface area contributed by atoms with Crippen molar-refractivity contribution in [3.63, 3.8) is 0 Å². The molecule has 0 bridgehead atoms. The fourth-order valence-corrected chi connectivity index (χ4v) is 2.84. The summed E-state index contributed by atoms with van der Waals surface area (Å²) in [7, 11) is 0. The molecule has 1 N–H and O–H groups in total. The van der Waals surface area contributed by atoms with E-state index < -0.39 is 0 Å². The number of aromatic nitrogens is 1. The van der Waals surface area contributed by atoms with E-state index in [4.69, 9.17) is 4.74 Å². The van der Waals surface area contributed by atoms with Gasteiger partial charge in [-0.25, -0.2) is 4.98 Å². The van der Waals surface area contributed by atoms with Crippen LogP contribution in [0, 0.1) is 0 Å². The molecule has 2 rings (SSSR count). The van der Waals surface area contributed by atoms with Crippen LogP contribution in [-0.4, -0.2) is 30.4 Å². The summed E-state index contributed by atoms with van der Waals surface area (Å²) < 4.78 is 5.89. The molecule has 4 heteroatoms. The summed E-state index contributed by atoms with van der Waals surface area (Å²) >= 11 is 4.18. The van der Waals surface area contributed by atoms with E-state index in [1.807, 2.05) is 6.07 Å². The molecule has 0 aliphatic carbocycles. The molecule has 126 valence electrons. The zero-order valence-corrected chi connectivity index (χ0v) is 14.9. The van der Waals surface area contributed by atoms with Gasteiger partial charge in [-0.3, -0.25) is 0 Å². The maximum Gasteiger partial charge on any atom is 0.214 e. The molecule has 2 aromatic rings. The molecule has 3 nitrogen and oxygen atoms in total. The number of fused-ring (bicyclic) bond motifs is 1. The number of ether oxygens (including phenoxy) is 1. The Hall–Kier alpha value is -1.26. The Bertz CT molecular complexity index is 589. The zero-order chi connectivity index (χ0) is 16.3. The molecule has 0 unspecified atom stereocenters. The molecule has 0 radical (unpaired) electrons. The zero-order valence-electron chi connectivity index (χ0n) is 14.1. The number of para-hydroxylation sites is 1. The van der Waals surface area contributed by atoms with Crippen molar-refractivity contribution in [3.05, 3.63) is 35.9 Å². The minimum Gasteiger partial charge on any atom is -0.478 e. The molecular formula is C19H28N2OS. The summed E-state index contributed by atoms with van der Waals surface area (Å²) in [5, 5.41) is 4.60. The first kappa shape index (κ1) is 18.1. The summed E-state index contributed by atoms with van der Waals surface area (Å²) in [6, 6.07) is 10.4. The third-order valence-electron chi connectivity index (χ3n) is 3.83. The lowest BCUT2D eigenvalue weighted by Crippen LogP contribution is -2.17. The first-order chi connectivity index (χ1) is 11.3. The van der Waals surface area contributed by atoms with E-state index in [2.05, 4.69) is 54.1 Å². The van der Waals surface area contributed by atoms with Crippen molar-refractivity contribution in [1.82, 2.24) is 10.3 Å². The van der Waals surface area contributed by atoms with Crippen molar-refractivity contribution in [1.29, 1.82) is 0 Å². The number of unbranched alkanes of at least 4 members (excludes halogenated alkanes) is 2. The monoisotopic (exact) mass is 332 g/mol. The van der Waals surface area contributed by atoms with Crippen molar-refractivity contribution in [3.8, 4) is 5.88 Å². The highest BCUT2D eigenvalue weighted by Crippen LogP contribution is 2.23. The van der Waals surface area contributed by atoms with Gasteiger partial charge in [0.1, 0.15) is 0 Å². The van der Waals surface area contributed by atoms with Crippen LogP contribution in [0.4, 0.5) is 0 Å². The second-order valence-electron chi connectivity index (χ2n) is 5.77. The molecule has 0 aliphatic rings. The first-order valence-corrected chi connectivity index (χ1v) is 9.31. The molecule has 0 amide bonds. The van der Waals surface area contributed by atoms with E-state index >= 15 is 0 Å². The molecule has 0 spiro atoms. The van der Waals surface area contributed by atoms with Crippen LogP contribution in [0.25, 0.3) is 10.9 Å². The molecule has 1 heterocycles. The standard InChI is InChI=1S/C19H28N2OS/c1-2-8-16-15-19(21-18-10-5-4-9-17(16)18)22-13-7-3-6-11-20-12-14-23/h4-5,9-10,15,20,23H,2-3,6-8,11-14H2,1H3. The molecule has 0 saturated heterocycles. The summed E-state index contributed by atoms with van der Waals surface area (Å²) in [5.74, 6) is 1.66. The van der Waals surface area contributed by atoms with Crippen LogP contribution in [0.3, 0.4) is 0 Å². The van der Waals surface area contributed by atoms with Gasteiger partial charge in [0, 0.05) is 23.8 Å². The van der Waals surface area contributed by atoms with E-state index in [9.17, 15) is 0 Å². The van der Waals surface area contributed by atoms with Crippen molar-refractivity contribution >= 4 is 23.5 Å². The summed E-state index contributed by atoms with van der Waals surface area (Å²) in [6.45, 7) is 5.00. The minimum atomic E-state index is 0.740. The topological polar surface area (TPSA) is 34.1 Å². The second-order valence-corrected chi connectivity index (χ2v) is 6.22. The van der Waals surface area contributed by atoms with Crippen LogP contribution >= 0.6 is 12.6 Å². The summed E-state index contributed by atoms with van der Waals surface area (Å²) in [6.07, 6.45) is 5.63. The molecule has 1 aromatic carbocycles. The van der Waals surface area contributed by atoms with Crippen molar-refractivity contribution in [2.45, 2.75) is 39.0 Å². The maximum atomic E-state index is 5.89. The number of thiol groups is 1. The molecule has 0 saturated carbocycles. The van der Waals surface area contributed by atoms with Gasteiger partial charge in [-0.15, -0.1) is 0 Å². The first-order valence-electron chi connectivity index (χ1n) is 8.68. The number of nitrogens with one attached hydrogen (secondary N) is 1. The number of aryl methyl sites for hydroxylation is 1. The van der Waals surface area contributed by atoms with Gasteiger partial charge in [0.2, 0.25) is 5.88 Å². The third-order valence-corrected chi connectivity index (χ3v) is 4.06. The van der Waals surface area contributed by atoms with Crippen molar-refractivity contribution in [2.75, 3.05) is 25.4 Å². The normalized spacial score (nSPS) is 11.0. The smallest absolute Gasteiger partial charge is 0.214 e. The minimum absolute atomic E-state index is 0.740. The molecule has 0 atom stereocenters. The second kappa shape index (κ2) is 10.5. The van der Waals surface area contributed by atoms with Gasteiger partial charge >= 0.3 is 0 Å². The number of nitrogens with zero attached hydrogens (tertiary/aromatic N) is 1. The average Bonchev–Trinajstić information content (AvgIpc) is 2.57. The highest BCUT2D eigenvalue weighted by Gasteiger charge is 2.05. The Balaban J connectivity index is 1.83. The van der Waals surface area contributed by atoms with Crippen LogP contribution in [0.15, 0.2) is 30.3 Å². The van der Waals surface area contributed by atoms with Crippen molar-refractivity contribution in [2.24, 2.45) is 0 Å². The van der Waals surface area contributed by atoms with Gasteiger partial charge in [-0.1, -0.05) is 31.5 Å². The summed E-state index contributed by atoms with van der Waals surface area (Å²) in [4.78, 5) is 4.63. The Morgan fingerprint density at radius 2 is 2.00 bits per heavy atom. The Kier molecular flexibility index (Phi) is 8.26. The maximum absolute atomic E-state index is 5.89. The Morgan fingerprint density at radius 1 is 1.13 bits per heavy atom. The third kappa shape index (κ3) is 6.04. The molecule has 1 aromatic heterocycles. The van der Waals surface area contributed by atoms with E-state index in [0.29, 0.717) is 0 Å². The van der Waals surface area contributed by atoms with Crippen LogP contribution in [0.2, 0.25) is 0 Å². The van der Waals surface area contributed by atoms with Crippen LogP contribution in [-0.2, 0) is 6.42 Å². The number of pyridine rings is 1. The molecule has 0 aliphatic heterocycles. The highest BCUT2D eigenvalue weighted by molar-refractivity contribution is 7.80. The molecule has 23 heavy (non-hydrogen) atoms. The van der Waals surface area contributed by atoms with E-state index in [1.165, 1.54) is 23.8 Å². The lowest BCUT2D eigenvalue weighted by Gasteiger charge is -2.10. The number of benzene rings is 1. The Labute approximate surface area is 145 Å². The van der Waals surface area contributed by atoms with Gasteiger partial charge in [0.05, 0.1) is 12.1 Å². The Morgan fingerprint density at radius 3 is 2.83 bits per heavy atom. The molecule has 0 fully saturated rings. The molecular weight excluding hydrogens is 304 g/mol. The van der Waals surface area contributed by atoms with Gasteiger partial charge in [-0.2, -0.15) is 12.6 Å². The lowest BCUT2D eigenvalue weighted by molar-refractivity contribution is 0.294.